The zero-order valence-corrected chi connectivity index (χ0v) is 28.6. The number of thiazole rings is 1. The zero-order chi connectivity index (χ0) is 33.8. The van der Waals surface area contributed by atoms with Crippen molar-refractivity contribution in [2.45, 2.75) is 19.6 Å². The van der Waals surface area contributed by atoms with Crippen molar-refractivity contribution in [3.8, 4) is 17.2 Å². The normalized spacial score (nSPS) is 14.3. The number of nitrogens with zero attached hydrogens (tertiary/aromatic N) is 2. The number of ether oxygens (including phenoxy) is 4. The fourth-order valence-electron chi connectivity index (χ4n) is 5.39. The van der Waals surface area contributed by atoms with Crippen molar-refractivity contribution in [2.75, 3.05) is 20.8 Å². The van der Waals surface area contributed by atoms with E-state index >= 15 is 0 Å². The van der Waals surface area contributed by atoms with Crippen LogP contribution in [-0.2, 0) is 16.1 Å². The SMILES string of the molecule is CCOC(=O)C1=C(c2ccccc2)N=c2s/c(=C\c3ccc(OCc4ccc(Cl)cc4Cl)cc3)c(=O)n2[C@@H]1c1ccc(OC)c(OC)c1. The fraction of sp³-hybridized carbons (Fsp3) is 0.162. The van der Waals surface area contributed by atoms with Crippen LogP contribution in [-0.4, -0.2) is 31.4 Å². The van der Waals surface area contributed by atoms with Crippen molar-refractivity contribution in [1.82, 2.24) is 4.57 Å². The van der Waals surface area contributed by atoms with Crippen molar-refractivity contribution in [1.29, 1.82) is 0 Å². The maximum absolute atomic E-state index is 14.2. The highest BCUT2D eigenvalue weighted by molar-refractivity contribution is 7.07. The molecule has 4 aromatic carbocycles. The molecule has 1 atom stereocenters. The second-order valence-corrected chi connectivity index (χ2v) is 12.5. The van der Waals surface area contributed by atoms with E-state index < -0.39 is 12.0 Å². The van der Waals surface area contributed by atoms with Crippen LogP contribution in [0.4, 0.5) is 0 Å². The van der Waals surface area contributed by atoms with Gasteiger partial charge in [-0.25, -0.2) is 9.79 Å². The number of rotatable bonds is 10. The lowest BCUT2D eigenvalue weighted by Gasteiger charge is -2.26. The first kappa shape index (κ1) is 33.1. The molecule has 0 saturated carbocycles. The quantitative estimate of drug-likeness (QED) is 0.148. The van der Waals surface area contributed by atoms with Gasteiger partial charge in [-0.2, -0.15) is 0 Å². The molecule has 11 heteroatoms. The van der Waals surface area contributed by atoms with Gasteiger partial charge >= 0.3 is 5.97 Å². The summed E-state index contributed by atoms with van der Waals surface area (Å²) in [6.45, 7) is 2.17. The van der Waals surface area contributed by atoms with Crippen molar-refractivity contribution in [2.24, 2.45) is 4.99 Å². The van der Waals surface area contributed by atoms with E-state index in [2.05, 4.69) is 0 Å². The van der Waals surface area contributed by atoms with Crippen LogP contribution in [0.3, 0.4) is 0 Å². The topological polar surface area (TPSA) is 88.4 Å². The number of esters is 1. The summed E-state index contributed by atoms with van der Waals surface area (Å²) >= 11 is 13.5. The highest BCUT2D eigenvalue weighted by Crippen LogP contribution is 2.38. The number of hydrogen-bond acceptors (Lipinski definition) is 8. The van der Waals surface area contributed by atoms with Gasteiger partial charge in [-0.05, 0) is 60.5 Å². The molecular weight excluding hydrogens is 671 g/mol. The van der Waals surface area contributed by atoms with Gasteiger partial charge in [-0.3, -0.25) is 9.36 Å². The molecule has 0 fully saturated rings. The molecule has 5 aromatic rings. The van der Waals surface area contributed by atoms with Crippen molar-refractivity contribution >= 4 is 52.3 Å². The van der Waals surface area contributed by atoms with Gasteiger partial charge in [0.2, 0.25) is 0 Å². The minimum Gasteiger partial charge on any atom is -0.493 e. The lowest BCUT2D eigenvalue weighted by atomic mass is 9.93. The molecule has 6 rings (SSSR count). The van der Waals surface area contributed by atoms with Gasteiger partial charge in [0.1, 0.15) is 12.4 Å². The molecule has 0 spiro atoms. The molecule has 244 valence electrons. The molecule has 0 aliphatic carbocycles. The molecule has 0 saturated heterocycles. The van der Waals surface area contributed by atoms with Gasteiger partial charge in [0.05, 0.1) is 42.7 Å². The van der Waals surface area contributed by atoms with E-state index in [0.29, 0.717) is 47.9 Å². The molecule has 1 aliphatic rings. The number of methoxy groups -OCH3 is 2. The van der Waals surface area contributed by atoms with Gasteiger partial charge in [0.25, 0.3) is 5.56 Å². The largest absolute Gasteiger partial charge is 0.493 e. The van der Waals surface area contributed by atoms with Gasteiger partial charge in [0.15, 0.2) is 16.3 Å². The standard InChI is InChI=1S/C37H30Cl2N2O6S/c1-4-46-36(43)32-33(23-8-6-5-7-9-23)40-37-41(34(32)24-13-17-29(44-2)30(19-24)45-3)35(42)31(48-37)18-22-10-15-27(16-11-22)47-21-25-12-14-26(38)20-28(25)39/h5-20,34H,4,21H2,1-3H3/b31-18-/t34-/m1/s1. The minimum atomic E-state index is -0.854. The number of carbonyl (C=O) groups excluding carboxylic acids is 1. The molecule has 0 unspecified atom stereocenters. The maximum Gasteiger partial charge on any atom is 0.338 e. The van der Waals surface area contributed by atoms with E-state index in [1.54, 1.807) is 48.9 Å². The van der Waals surface area contributed by atoms with Gasteiger partial charge in [-0.15, -0.1) is 0 Å². The third-order valence-corrected chi connectivity index (χ3v) is 9.25. The Morgan fingerprint density at radius 1 is 0.938 bits per heavy atom. The second-order valence-electron chi connectivity index (χ2n) is 10.6. The Labute approximate surface area is 290 Å². The Hall–Kier alpha value is -4.83. The molecule has 8 nitrogen and oxygen atoms in total. The number of benzene rings is 4. The van der Waals surface area contributed by atoms with Crippen molar-refractivity contribution in [3.63, 3.8) is 0 Å². The first-order chi connectivity index (χ1) is 23.3. The maximum atomic E-state index is 14.2. The van der Waals surface area contributed by atoms with Crippen molar-refractivity contribution < 1.29 is 23.7 Å². The molecule has 2 heterocycles. The van der Waals surface area contributed by atoms with Gasteiger partial charge in [-0.1, -0.05) is 89.1 Å². The molecular formula is C37H30Cl2N2O6S. The number of carbonyl (C=O) groups is 1. The monoisotopic (exact) mass is 700 g/mol. The van der Waals surface area contributed by atoms with Gasteiger partial charge < -0.3 is 18.9 Å². The zero-order valence-electron chi connectivity index (χ0n) is 26.2. The molecule has 1 aliphatic heterocycles. The molecule has 0 N–H and O–H groups in total. The summed E-state index contributed by atoms with van der Waals surface area (Å²) < 4.78 is 24.5. The van der Waals surface area contributed by atoms with E-state index in [-0.39, 0.29) is 24.3 Å². The summed E-state index contributed by atoms with van der Waals surface area (Å²) in [6, 6.07) is 26.5. The Morgan fingerprint density at radius 2 is 1.69 bits per heavy atom. The van der Waals surface area contributed by atoms with Gasteiger partial charge in [0, 0.05) is 21.2 Å². The highest BCUT2D eigenvalue weighted by atomic mass is 35.5. The third-order valence-electron chi connectivity index (χ3n) is 7.68. The van der Waals surface area contributed by atoms with Crippen molar-refractivity contribution in [3.05, 3.63) is 149 Å². The summed E-state index contributed by atoms with van der Waals surface area (Å²) in [5.74, 6) is 1.05. The number of fused-ring (bicyclic) bond motifs is 1. The summed E-state index contributed by atoms with van der Waals surface area (Å²) in [4.78, 5) is 33.3. The Morgan fingerprint density at radius 3 is 2.38 bits per heavy atom. The first-order valence-electron chi connectivity index (χ1n) is 15.0. The lowest BCUT2D eigenvalue weighted by molar-refractivity contribution is -0.138. The van der Waals surface area contributed by atoms with E-state index in [0.717, 1.165) is 16.7 Å². The van der Waals surface area contributed by atoms with Crippen LogP contribution in [0.15, 0.2) is 106 Å². The summed E-state index contributed by atoms with van der Waals surface area (Å²) in [7, 11) is 3.08. The minimum absolute atomic E-state index is 0.153. The van der Waals surface area contributed by atoms with Crippen LogP contribution in [0.1, 0.15) is 35.2 Å². The van der Waals surface area contributed by atoms with E-state index in [9.17, 15) is 9.59 Å². The van der Waals surface area contributed by atoms with Crippen LogP contribution in [0.25, 0.3) is 11.8 Å². The van der Waals surface area contributed by atoms with E-state index in [1.807, 2.05) is 66.7 Å². The highest BCUT2D eigenvalue weighted by Gasteiger charge is 2.35. The number of halogens is 2. The Balaban J connectivity index is 1.45. The molecule has 0 amide bonds. The number of hydrogen-bond donors (Lipinski definition) is 0. The first-order valence-corrected chi connectivity index (χ1v) is 16.6. The smallest absolute Gasteiger partial charge is 0.338 e. The van der Waals surface area contributed by atoms with E-state index in [1.165, 1.54) is 18.4 Å². The van der Waals surface area contributed by atoms with Crippen LogP contribution < -0.4 is 29.1 Å². The Bertz CT molecular complexity index is 2190. The van der Waals surface area contributed by atoms with E-state index in [4.69, 9.17) is 47.1 Å². The average molecular weight is 702 g/mol. The summed E-state index contributed by atoms with van der Waals surface area (Å²) in [5.41, 5.74) is 3.33. The molecule has 1 aromatic heterocycles. The average Bonchev–Trinajstić information content (AvgIpc) is 3.41. The second kappa shape index (κ2) is 14.5. The number of aromatic nitrogens is 1. The summed E-state index contributed by atoms with van der Waals surface area (Å²) in [5, 5.41) is 1.09. The molecule has 48 heavy (non-hydrogen) atoms. The van der Waals surface area contributed by atoms with Crippen LogP contribution >= 0.6 is 34.5 Å². The molecule has 0 radical (unpaired) electrons. The molecule has 0 bridgehead atoms. The predicted molar refractivity (Wildman–Crippen MR) is 188 cm³/mol. The van der Waals surface area contributed by atoms with Crippen LogP contribution in [0.2, 0.25) is 10.0 Å². The summed E-state index contributed by atoms with van der Waals surface area (Å²) in [6.07, 6.45) is 1.80. The fourth-order valence-corrected chi connectivity index (χ4v) is 6.85. The predicted octanol–water partition coefficient (Wildman–Crippen LogP) is 6.84. The third kappa shape index (κ3) is 6.75. The van der Waals surface area contributed by atoms with Crippen LogP contribution in [0.5, 0.6) is 17.2 Å². The lowest BCUT2D eigenvalue weighted by Crippen LogP contribution is -2.40. The Kier molecular flexibility index (Phi) is 10.0. The van der Waals surface area contributed by atoms with Crippen LogP contribution in [0, 0.1) is 0 Å².